The molecule has 3 rings (SSSR count). The minimum atomic E-state index is 0.00236. The Balaban J connectivity index is 1.82. The fourth-order valence-electron chi connectivity index (χ4n) is 4.79. The van der Waals surface area contributed by atoms with Crippen LogP contribution in [0, 0.1) is 34.1 Å². The van der Waals surface area contributed by atoms with Gasteiger partial charge in [0.2, 0.25) is 0 Å². The molecule has 6 heteroatoms. The molecule has 3 saturated carbocycles. The molecule has 0 aromatic heterocycles. The zero-order valence-corrected chi connectivity index (χ0v) is 10.4. The third-order valence-electron chi connectivity index (χ3n) is 5.16. The Morgan fingerprint density at radius 2 is 1.28 bits per heavy atom. The first-order chi connectivity index (χ1) is 8.58. The van der Waals surface area contributed by atoms with Gasteiger partial charge in [0.15, 0.2) is 13.4 Å². The van der Waals surface area contributed by atoms with E-state index in [1.807, 2.05) is 0 Å². The molecule has 0 spiro atoms. The lowest BCUT2D eigenvalue weighted by atomic mass is 9.76. The first kappa shape index (κ1) is 11.6. The van der Waals surface area contributed by atoms with Gasteiger partial charge in [-0.05, 0) is 42.9 Å². The molecular weight excluding hydrogens is 232 g/mol. The minimum absolute atomic E-state index is 0.00236. The largest absolute Gasteiger partial charge is 0.597 e. The second-order valence-corrected chi connectivity index (χ2v) is 5.89. The van der Waals surface area contributed by atoms with Gasteiger partial charge in [0, 0.05) is 0 Å². The molecule has 0 amide bonds. The van der Waals surface area contributed by atoms with E-state index in [1.54, 1.807) is 0 Å². The molecule has 6 atom stereocenters. The van der Waals surface area contributed by atoms with Crippen LogP contribution in [0.4, 0.5) is 0 Å². The zero-order valence-electron chi connectivity index (χ0n) is 10.4. The summed E-state index contributed by atoms with van der Waals surface area (Å²) in [4.78, 5) is 1.03. The van der Waals surface area contributed by atoms with E-state index in [4.69, 9.17) is 0 Å². The second-order valence-electron chi connectivity index (χ2n) is 5.89. The van der Waals surface area contributed by atoms with Crippen molar-refractivity contribution < 1.29 is 9.70 Å². The lowest BCUT2D eigenvalue weighted by Crippen LogP contribution is -2.57. The number of rotatable bonds is 4. The molecule has 2 N–H and O–H groups in total. The van der Waals surface area contributed by atoms with Gasteiger partial charge in [-0.1, -0.05) is 16.1 Å². The number of hydrogen-bond donors (Lipinski definition) is 2. The molecule has 3 aliphatic rings. The molecule has 0 saturated heterocycles. The number of hydrogen-bond acceptors (Lipinski definition) is 4. The lowest BCUT2D eigenvalue weighted by molar-refractivity contribution is -0.544. The van der Waals surface area contributed by atoms with Crippen LogP contribution in [0.15, 0.2) is 0 Å². The fourth-order valence-corrected chi connectivity index (χ4v) is 4.79. The first-order valence-electron chi connectivity index (χ1n) is 6.66. The maximum atomic E-state index is 11.2. The van der Waals surface area contributed by atoms with E-state index in [0.29, 0.717) is 21.5 Å². The van der Waals surface area contributed by atoms with Gasteiger partial charge in [0.1, 0.15) is 12.1 Å². The normalized spacial score (nSPS) is 44.7. The molecule has 6 nitrogen and oxygen atoms in total. The summed E-state index contributed by atoms with van der Waals surface area (Å²) < 4.78 is 0. The van der Waals surface area contributed by atoms with Crippen molar-refractivity contribution in [1.82, 2.24) is 10.9 Å². The summed E-state index contributed by atoms with van der Waals surface area (Å²) in [5, 5.41) is 22.3. The van der Waals surface area contributed by atoms with Crippen LogP contribution < -0.4 is 10.9 Å². The summed E-state index contributed by atoms with van der Waals surface area (Å²) in [7, 11) is 0. The Hall–Kier alpha value is -1.46. The molecule has 2 bridgehead atoms. The Morgan fingerprint density at radius 3 is 1.67 bits per heavy atom. The highest BCUT2D eigenvalue weighted by molar-refractivity contribution is 5.16. The molecule has 100 valence electrons. The summed E-state index contributed by atoms with van der Waals surface area (Å²) in [6.07, 6.45) is 4.90. The van der Waals surface area contributed by atoms with Crippen LogP contribution in [-0.2, 0) is 0 Å². The molecule has 0 aromatic rings. The van der Waals surface area contributed by atoms with Crippen LogP contribution in [0.1, 0.15) is 25.7 Å². The summed E-state index contributed by atoms with van der Waals surface area (Å²) in [5.41, 5.74) is 5.70. The van der Waals surface area contributed by atoms with E-state index < -0.39 is 0 Å². The van der Waals surface area contributed by atoms with Crippen molar-refractivity contribution in [3.8, 4) is 0 Å². The van der Waals surface area contributed by atoms with Crippen molar-refractivity contribution in [3.63, 3.8) is 0 Å². The predicted octanol–water partition coefficient (Wildman–Crippen LogP) is 0.221. The van der Waals surface area contributed by atoms with Crippen LogP contribution in [0.5, 0.6) is 0 Å². The third-order valence-corrected chi connectivity index (χ3v) is 5.16. The van der Waals surface area contributed by atoms with Crippen LogP contribution in [0.3, 0.4) is 0 Å². The van der Waals surface area contributed by atoms with Gasteiger partial charge >= 0.3 is 0 Å². The molecular formula is C12H20N4O2. The summed E-state index contributed by atoms with van der Waals surface area (Å²) in [6, 6.07) is 0.00472. The summed E-state index contributed by atoms with van der Waals surface area (Å²) in [6.45, 7) is 6.63. The van der Waals surface area contributed by atoms with Crippen molar-refractivity contribution >= 4 is 13.4 Å². The topological polar surface area (TPSA) is 76.2 Å². The Bertz CT molecular complexity index is 352. The molecule has 6 unspecified atom stereocenters. The van der Waals surface area contributed by atoms with E-state index in [9.17, 15) is 10.4 Å². The maximum absolute atomic E-state index is 11.2. The predicted molar refractivity (Wildman–Crippen MR) is 67.8 cm³/mol. The van der Waals surface area contributed by atoms with Crippen LogP contribution >= 0.6 is 0 Å². The average molecular weight is 252 g/mol. The van der Waals surface area contributed by atoms with Gasteiger partial charge in [-0.15, -0.1) is 0 Å². The van der Waals surface area contributed by atoms with Gasteiger partial charge in [-0.3, -0.25) is 0 Å². The highest BCUT2D eigenvalue weighted by atomic mass is 16.5. The van der Waals surface area contributed by atoms with E-state index in [2.05, 4.69) is 24.3 Å². The number of nitrogens with zero attached hydrogens (tertiary/aromatic N) is 2. The quantitative estimate of drug-likeness (QED) is 0.325. The number of fused-ring (bicyclic) bond motifs is 5. The zero-order chi connectivity index (χ0) is 12.9. The second kappa shape index (κ2) is 4.03. The van der Waals surface area contributed by atoms with Gasteiger partial charge in [-0.25, -0.2) is 0 Å². The third kappa shape index (κ3) is 1.62. The van der Waals surface area contributed by atoms with Gasteiger partial charge < -0.3 is 10.4 Å². The molecule has 0 aromatic carbocycles. The van der Waals surface area contributed by atoms with Crippen molar-refractivity contribution in [2.24, 2.45) is 23.7 Å². The summed E-state index contributed by atoms with van der Waals surface area (Å²) in [5.74, 6) is 2.40. The molecule has 3 fully saturated rings. The molecule has 0 radical (unpaired) electrons. The van der Waals surface area contributed by atoms with Crippen molar-refractivity contribution in [3.05, 3.63) is 10.4 Å². The van der Waals surface area contributed by atoms with Crippen LogP contribution in [-0.4, -0.2) is 35.2 Å². The van der Waals surface area contributed by atoms with E-state index in [1.165, 1.54) is 19.3 Å². The van der Waals surface area contributed by atoms with Gasteiger partial charge in [0.05, 0.1) is 0 Å². The van der Waals surface area contributed by atoms with Gasteiger partial charge in [0.25, 0.3) is 0 Å². The minimum Gasteiger partial charge on any atom is -0.597 e. The van der Waals surface area contributed by atoms with Crippen molar-refractivity contribution in [2.75, 3.05) is 0 Å². The highest BCUT2D eigenvalue weighted by Crippen LogP contribution is 2.58. The maximum Gasteiger partial charge on any atom is 0.171 e. The molecule has 3 aliphatic carbocycles. The number of hydrazine groups is 2. The number of hydrazone groups is 2. The monoisotopic (exact) mass is 252 g/mol. The highest BCUT2D eigenvalue weighted by Gasteiger charge is 2.61. The van der Waals surface area contributed by atoms with E-state index in [0.717, 1.165) is 18.3 Å². The Labute approximate surface area is 106 Å². The average Bonchev–Trinajstić information content (AvgIpc) is 2.88. The van der Waals surface area contributed by atoms with Crippen molar-refractivity contribution in [1.29, 1.82) is 0 Å². The SMILES string of the molecule is C=[N+]([O-])NC1C2CC(C3CCCC32)C1N[N+](=C)[O-]. The lowest BCUT2D eigenvalue weighted by Gasteiger charge is -2.36. The summed E-state index contributed by atoms with van der Waals surface area (Å²) >= 11 is 0. The van der Waals surface area contributed by atoms with E-state index >= 15 is 0 Å². The van der Waals surface area contributed by atoms with Gasteiger partial charge in [-0.2, -0.15) is 10.9 Å². The standard InChI is InChI=1S/C12H20N4O2/c1-15(17)13-11-9-6-10(12(11)14-16(2)18)8-5-3-4-7(8)9/h7-14H,1-6H2. The Kier molecular flexibility index (Phi) is 2.60. The van der Waals surface area contributed by atoms with Crippen LogP contribution in [0.25, 0.3) is 0 Å². The number of nitrogens with one attached hydrogen (secondary N) is 2. The smallest absolute Gasteiger partial charge is 0.171 e. The Morgan fingerprint density at radius 1 is 0.833 bits per heavy atom. The molecule has 0 heterocycles. The fraction of sp³-hybridized carbons (Fsp3) is 0.833. The van der Waals surface area contributed by atoms with Crippen molar-refractivity contribution in [2.45, 2.75) is 37.8 Å². The molecule has 0 aliphatic heterocycles. The molecule has 18 heavy (non-hydrogen) atoms. The van der Waals surface area contributed by atoms with E-state index in [-0.39, 0.29) is 12.1 Å². The van der Waals surface area contributed by atoms with Crippen LogP contribution in [0.2, 0.25) is 0 Å². The first-order valence-corrected chi connectivity index (χ1v) is 6.66.